The van der Waals surface area contributed by atoms with E-state index in [0.717, 1.165) is 16.1 Å². The van der Waals surface area contributed by atoms with Gasteiger partial charge in [-0.05, 0) is 41.1 Å². The molecule has 0 aliphatic heterocycles. The molecule has 3 aromatic carbocycles. The topological polar surface area (TPSA) is 0 Å². The van der Waals surface area contributed by atoms with Gasteiger partial charge >= 0.3 is 0 Å². The van der Waals surface area contributed by atoms with E-state index in [0.29, 0.717) is 0 Å². The Labute approximate surface area is 117 Å². The van der Waals surface area contributed by atoms with Gasteiger partial charge in [0.25, 0.3) is 0 Å². The second-order valence-corrected chi connectivity index (χ2v) is 4.72. The molecule has 0 atom stereocenters. The van der Waals surface area contributed by atoms with Crippen molar-refractivity contribution >= 4 is 22.4 Å². The third-order valence-electron chi connectivity index (χ3n) is 2.98. The van der Waals surface area contributed by atoms with Crippen molar-refractivity contribution in [2.24, 2.45) is 0 Å². The molecular formula is C18H11Cl. The van der Waals surface area contributed by atoms with Crippen LogP contribution in [0.25, 0.3) is 10.8 Å². The summed E-state index contributed by atoms with van der Waals surface area (Å²) in [6.07, 6.45) is 0. The van der Waals surface area contributed by atoms with Gasteiger partial charge in [0, 0.05) is 16.1 Å². The van der Waals surface area contributed by atoms with Gasteiger partial charge in [-0.25, -0.2) is 0 Å². The molecular weight excluding hydrogens is 252 g/mol. The third kappa shape index (κ3) is 2.62. The van der Waals surface area contributed by atoms with Crippen molar-refractivity contribution in [2.75, 3.05) is 0 Å². The van der Waals surface area contributed by atoms with E-state index in [4.69, 9.17) is 11.6 Å². The van der Waals surface area contributed by atoms with Crippen LogP contribution in [-0.2, 0) is 0 Å². The van der Waals surface area contributed by atoms with Crippen molar-refractivity contribution in [3.8, 4) is 11.8 Å². The van der Waals surface area contributed by atoms with E-state index in [9.17, 15) is 0 Å². The lowest BCUT2D eigenvalue weighted by molar-refractivity contribution is 1.64. The maximum absolute atomic E-state index is 5.86. The molecule has 0 saturated heterocycles. The Hall–Kier alpha value is -2.23. The van der Waals surface area contributed by atoms with Crippen LogP contribution in [-0.4, -0.2) is 0 Å². The highest BCUT2D eigenvalue weighted by Gasteiger charge is 1.96. The van der Waals surface area contributed by atoms with Crippen molar-refractivity contribution in [2.45, 2.75) is 0 Å². The number of hydrogen-bond acceptors (Lipinski definition) is 0. The van der Waals surface area contributed by atoms with E-state index in [-0.39, 0.29) is 0 Å². The summed E-state index contributed by atoms with van der Waals surface area (Å²) in [5, 5.41) is 3.13. The molecule has 0 nitrogen and oxygen atoms in total. The van der Waals surface area contributed by atoms with Crippen LogP contribution in [0.15, 0.2) is 66.7 Å². The number of rotatable bonds is 0. The monoisotopic (exact) mass is 262 g/mol. The largest absolute Gasteiger partial charge is 0.0843 e. The molecule has 1 heteroatoms. The van der Waals surface area contributed by atoms with E-state index in [1.54, 1.807) is 0 Å². The van der Waals surface area contributed by atoms with Gasteiger partial charge in [-0.3, -0.25) is 0 Å². The van der Waals surface area contributed by atoms with Gasteiger partial charge in [-0.1, -0.05) is 59.8 Å². The number of hydrogen-bond donors (Lipinski definition) is 0. The molecule has 0 saturated carbocycles. The highest BCUT2D eigenvalue weighted by Crippen LogP contribution is 2.17. The number of fused-ring (bicyclic) bond motifs is 1. The Kier molecular flexibility index (Phi) is 3.23. The van der Waals surface area contributed by atoms with Crippen LogP contribution < -0.4 is 0 Å². The lowest BCUT2D eigenvalue weighted by atomic mass is 10.0. The minimum Gasteiger partial charge on any atom is -0.0843 e. The van der Waals surface area contributed by atoms with Crippen LogP contribution in [0.1, 0.15) is 11.1 Å². The van der Waals surface area contributed by atoms with Crippen molar-refractivity contribution in [3.63, 3.8) is 0 Å². The van der Waals surface area contributed by atoms with Gasteiger partial charge in [0.1, 0.15) is 0 Å². The van der Waals surface area contributed by atoms with E-state index in [1.807, 2.05) is 48.5 Å². The minimum atomic E-state index is 0.732. The molecule has 0 bridgehead atoms. The van der Waals surface area contributed by atoms with E-state index in [2.05, 4.69) is 30.0 Å². The van der Waals surface area contributed by atoms with Crippen molar-refractivity contribution in [1.82, 2.24) is 0 Å². The Bertz CT molecular complexity index is 769. The summed E-state index contributed by atoms with van der Waals surface area (Å²) in [6, 6.07) is 22.0. The molecule has 0 unspecified atom stereocenters. The Morgan fingerprint density at radius 2 is 1.42 bits per heavy atom. The molecule has 0 aliphatic rings. The van der Waals surface area contributed by atoms with Gasteiger partial charge in [-0.15, -0.1) is 0 Å². The smallest absolute Gasteiger partial charge is 0.0406 e. The minimum absolute atomic E-state index is 0.732. The van der Waals surface area contributed by atoms with E-state index in [1.165, 1.54) is 10.8 Å². The average molecular weight is 263 g/mol. The molecule has 0 radical (unpaired) electrons. The summed E-state index contributed by atoms with van der Waals surface area (Å²) in [5.74, 6) is 6.40. The quantitative estimate of drug-likeness (QED) is 0.506. The highest BCUT2D eigenvalue weighted by molar-refractivity contribution is 6.30. The molecule has 0 spiro atoms. The van der Waals surface area contributed by atoms with E-state index >= 15 is 0 Å². The van der Waals surface area contributed by atoms with Gasteiger partial charge in [0.05, 0.1) is 0 Å². The summed E-state index contributed by atoms with van der Waals surface area (Å²) in [5.41, 5.74) is 2.02. The molecule has 3 aromatic rings. The average Bonchev–Trinajstić information content (AvgIpc) is 2.47. The highest BCUT2D eigenvalue weighted by atomic mass is 35.5. The van der Waals surface area contributed by atoms with Crippen LogP contribution in [0.2, 0.25) is 5.02 Å². The number of halogens is 1. The van der Waals surface area contributed by atoms with Gasteiger partial charge in [0.2, 0.25) is 0 Å². The second kappa shape index (κ2) is 5.18. The summed E-state index contributed by atoms with van der Waals surface area (Å²) >= 11 is 5.86. The fourth-order valence-electron chi connectivity index (χ4n) is 2.01. The molecule has 90 valence electrons. The normalized spacial score (nSPS) is 9.95. The molecule has 0 amide bonds. The Morgan fingerprint density at radius 1 is 0.684 bits per heavy atom. The van der Waals surface area contributed by atoms with Gasteiger partial charge in [-0.2, -0.15) is 0 Å². The fourth-order valence-corrected chi connectivity index (χ4v) is 2.13. The lowest BCUT2D eigenvalue weighted by Crippen LogP contribution is -1.79. The first-order valence-corrected chi connectivity index (χ1v) is 6.46. The van der Waals surface area contributed by atoms with Gasteiger partial charge < -0.3 is 0 Å². The van der Waals surface area contributed by atoms with Crippen molar-refractivity contribution < 1.29 is 0 Å². The molecule has 0 aromatic heterocycles. The Morgan fingerprint density at radius 3 is 2.26 bits per heavy atom. The molecule has 0 N–H and O–H groups in total. The van der Waals surface area contributed by atoms with Crippen LogP contribution in [0.3, 0.4) is 0 Å². The van der Waals surface area contributed by atoms with Crippen LogP contribution in [0.4, 0.5) is 0 Å². The second-order valence-electron chi connectivity index (χ2n) is 4.28. The molecule has 0 fully saturated rings. The lowest BCUT2D eigenvalue weighted by Gasteiger charge is -1.99. The third-order valence-corrected chi connectivity index (χ3v) is 3.23. The van der Waals surface area contributed by atoms with Crippen LogP contribution in [0, 0.1) is 11.8 Å². The molecule has 0 aliphatic carbocycles. The number of benzene rings is 3. The standard InChI is InChI=1S/C18H11Cl/c19-17-12-9-14(10-13-17)8-11-16-6-3-5-15-4-1-2-7-18(15)16/h1-7,9-10,12-13H. The summed E-state index contributed by atoms with van der Waals surface area (Å²) < 4.78 is 0. The Balaban J connectivity index is 2.05. The zero-order valence-electron chi connectivity index (χ0n) is 10.2. The predicted molar refractivity (Wildman–Crippen MR) is 81.4 cm³/mol. The van der Waals surface area contributed by atoms with E-state index < -0.39 is 0 Å². The van der Waals surface area contributed by atoms with Gasteiger partial charge in [0.15, 0.2) is 0 Å². The fraction of sp³-hybridized carbons (Fsp3) is 0. The summed E-state index contributed by atoms with van der Waals surface area (Å²) in [6.45, 7) is 0. The zero-order chi connectivity index (χ0) is 13.1. The SMILES string of the molecule is Clc1ccc(C#Cc2cccc3ccccc23)cc1. The first-order valence-electron chi connectivity index (χ1n) is 6.08. The first-order chi connectivity index (χ1) is 9.33. The van der Waals surface area contributed by atoms with Crippen LogP contribution in [0.5, 0.6) is 0 Å². The zero-order valence-corrected chi connectivity index (χ0v) is 11.0. The summed E-state index contributed by atoms with van der Waals surface area (Å²) in [7, 11) is 0. The molecule has 0 heterocycles. The van der Waals surface area contributed by atoms with Crippen LogP contribution >= 0.6 is 11.6 Å². The maximum Gasteiger partial charge on any atom is 0.0406 e. The van der Waals surface area contributed by atoms with Crippen molar-refractivity contribution in [3.05, 3.63) is 82.9 Å². The summed E-state index contributed by atoms with van der Waals surface area (Å²) in [4.78, 5) is 0. The molecule has 19 heavy (non-hydrogen) atoms. The van der Waals surface area contributed by atoms with Crippen molar-refractivity contribution in [1.29, 1.82) is 0 Å². The first kappa shape index (κ1) is 11.8. The molecule has 3 rings (SSSR count). The maximum atomic E-state index is 5.86. The predicted octanol–water partition coefficient (Wildman–Crippen LogP) is 4.89.